The molecule has 0 saturated carbocycles. The molecule has 2 N–H and O–H groups in total. The zero-order valence-corrected chi connectivity index (χ0v) is 13.4. The van der Waals surface area contributed by atoms with Gasteiger partial charge >= 0.3 is 18.4 Å². The molecule has 7 nitrogen and oxygen atoms in total. The van der Waals surface area contributed by atoms with Gasteiger partial charge in [-0.2, -0.15) is 13.2 Å². The van der Waals surface area contributed by atoms with Crippen LogP contribution in [0, 0.1) is 0 Å². The van der Waals surface area contributed by atoms with E-state index in [1.807, 2.05) is 0 Å². The second kappa shape index (κ2) is 7.84. The number of pyridine rings is 1. The average molecular weight is 349 g/mol. The first kappa shape index (κ1) is 19.5. The van der Waals surface area contributed by atoms with Gasteiger partial charge in [0.15, 0.2) is 0 Å². The van der Waals surface area contributed by atoms with E-state index in [0.717, 1.165) is 0 Å². The molecular weight excluding hydrogens is 331 g/mol. The van der Waals surface area contributed by atoms with Crippen LogP contribution in [0.3, 0.4) is 0 Å². The fourth-order valence-corrected chi connectivity index (χ4v) is 1.41. The Bertz CT molecular complexity index is 585. The van der Waals surface area contributed by atoms with Gasteiger partial charge in [-0.05, 0) is 38.5 Å². The molecule has 2 amide bonds. The van der Waals surface area contributed by atoms with Gasteiger partial charge in [0.1, 0.15) is 24.6 Å². The van der Waals surface area contributed by atoms with Crippen LogP contribution in [0.5, 0.6) is 0 Å². The Balaban J connectivity index is 2.51. The number of halogens is 3. The van der Waals surface area contributed by atoms with Crippen molar-refractivity contribution in [1.82, 2.24) is 10.3 Å². The number of carbonyl (C=O) groups excluding carboxylic acids is 2. The molecule has 0 bridgehead atoms. The van der Waals surface area contributed by atoms with Gasteiger partial charge in [-0.1, -0.05) is 0 Å². The van der Waals surface area contributed by atoms with Crippen molar-refractivity contribution in [3.8, 4) is 0 Å². The number of anilines is 1. The van der Waals surface area contributed by atoms with Gasteiger partial charge in [0.25, 0.3) is 0 Å². The molecule has 0 spiro atoms. The number of alkyl carbamates (subject to hydrolysis) is 1. The molecule has 0 radical (unpaired) electrons. The Hall–Kier alpha value is -2.52. The minimum absolute atomic E-state index is 0.154. The van der Waals surface area contributed by atoms with Crippen LogP contribution >= 0.6 is 0 Å². The number of hydrogen-bond acceptors (Lipinski definition) is 5. The Morgan fingerprint density at radius 3 is 2.46 bits per heavy atom. The van der Waals surface area contributed by atoms with Crippen LogP contribution in [0.1, 0.15) is 26.3 Å². The Labute approximate surface area is 136 Å². The van der Waals surface area contributed by atoms with Gasteiger partial charge in [0, 0.05) is 6.20 Å². The molecule has 10 heteroatoms. The highest BCUT2D eigenvalue weighted by Gasteiger charge is 2.28. The molecule has 0 atom stereocenters. The smallest absolute Gasteiger partial charge is 0.413 e. The predicted molar refractivity (Wildman–Crippen MR) is 78.3 cm³/mol. The maximum absolute atomic E-state index is 11.9. The molecule has 0 aromatic carbocycles. The quantitative estimate of drug-likeness (QED) is 0.871. The molecule has 0 saturated heterocycles. The third kappa shape index (κ3) is 8.81. The molecule has 1 aromatic heterocycles. The maximum atomic E-state index is 11.9. The summed E-state index contributed by atoms with van der Waals surface area (Å²) in [7, 11) is 0. The minimum atomic E-state index is -4.51. The average Bonchev–Trinajstić information content (AvgIpc) is 2.40. The highest BCUT2D eigenvalue weighted by atomic mass is 19.4. The molecule has 0 aliphatic heterocycles. The monoisotopic (exact) mass is 349 g/mol. The van der Waals surface area contributed by atoms with Gasteiger partial charge in [-0.15, -0.1) is 0 Å². The van der Waals surface area contributed by atoms with Crippen molar-refractivity contribution < 1.29 is 32.2 Å². The summed E-state index contributed by atoms with van der Waals surface area (Å²) in [6.45, 7) is 3.33. The normalized spacial score (nSPS) is 11.6. The fourth-order valence-electron chi connectivity index (χ4n) is 1.41. The third-order valence-electron chi connectivity index (χ3n) is 2.26. The van der Waals surface area contributed by atoms with Crippen molar-refractivity contribution in [2.24, 2.45) is 0 Å². The molecule has 24 heavy (non-hydrogen) atoms. The molecule has 0 aliphatic carbocycles. The third-order valence-corrected chi connectivity index (χ3v) is 2.26. The summed E-state index contributed by atoms with van der Waals surface area (Å²) in [5.41, 5.74) is -0.250. The number of nitrogens with one attached hydrogen (secondary N) is 2. The van der Waals surface area contributed by atoms with Gasteiger partial charge in [-0.3, -0.25) is 5.32 Å². The number of amides is 2. The number of nitrogens with zero attached hydrogens (tertiary/aromatic N) is 1. The molecular formula is C14H18F3N3O4. The van der Waals surface area contributed by atoms with Gasteiger partial charge in [0.05, 0.1) is 0 Å². The lowest BCUT2D eigenvalue weighted by Gasteiger charge is -2.19. The minimum Gasteiger partial charge on any atom is -0.445 e. The highest BCUT2D eigenvalue weighted by Crippen LogP contribution is 2.13. The van der Waals surface area contributed by atoms with Crippen LogP contribution < -0.4 is 10.6 Å². The Morgan fingerprint density at radius 1 is 1.21 bits per heavy atom. The van der Waals surface area contributed by atoms with E-state index in [-0.39, 0.29) is 12.4 Å². The van der Waals surface area contributed by atoms with E-state index < -0.39 is 30.5 Å². The number of hydrogen-bond donors (Lipinski definition) is 2. The first-order valence-corrected chi connectivity index (χ1v) is 6.87. The van der Waals surface area contributed by atoms with Crippen LogP contribution in [-0.2, 0) is 16.1 Å². The predicted octanol–water partition coefficient (Wildman–Crippen LogP) is 3.22. The van der Waals surface area contributed by atoms with E-state index in [1.165, 1.54) is 18.3 Å². The van der Waals surface area contributed by atoms with Crippen LogP contribution in [0.15, 0.2) is 18.3 Å². The summed E-state index contributed by atoms with van der Waals surface area (Å²) < 4.78 is 45.5. The summed E-state index contributed by atoms with van der Waals surface area (Å²) in [5.74, 6) is 0.154. The SMILES string of the molecule is CC(C)(C)OC(=O)Nc1cc(COC(=O)NCC(F)(F)F)ccn1. The van der Waals surface area contributed by atoms with Crippen LogP contribution in [-0.4, -0.2) is 35.5 Å². The summed E-state index contributed by atoms with van der Waals surface area (Å²) in [4.78, 5) is 26.6. The Kier molecular flexibility index (Phi) is 6.38. The molecule has 0 unspecified atom stereocenters. The van der Waals surface area contributed by atoms with E-state index in [9.17, 15) is 22.8 Å². The summed E-state index contributed by atoms with van der Waals surface area (Å²) >= 11 is 0. The van der Waals surface area contributed by atoms with Gasteiger partial charge < -0.3 is 14.8 Å². The van der Waals surface area contributed by atoms with Gasteiger partial charge in [-0.25, -0.2) is 14.6 Å². The number of rotatable bonds is 4. The van der Waals surface area contributed by atoms with Crippen molar-refractivity contribution in [2.75, 3.05) is 11.9 Å². The zero-order valence-electron chi connectivity index (χ0n) is 13.4. The van der Waals surface area contributed by atoms with E-state index in [2.05, 4.69) is 15.0 Å². The van der Waals surface area contributed by atoms with E-state index in [0.29, 0.717) is 5.56 Å². The summed E-state index contributed by atoms with van der Waals surface area (Å²) in [5, 5.41) is 3.97. The standard InChI is InChI=1S/C14H18F3N3O4/c1-13(2,3)24-12(22)20-10-6-9(4-5-18-10)7-23-11(21)19-8-14(15,16)17/h4-6H,7-8H2,1-3H3,(H,19,21)(H,18,20,22). The summed E-state index contributed by atoms with van der Waals surface area (Å²) in [6, 6.07) is 2.89. The first-order chi connectivity index (χ1) is 10.9. The van der Waals surface area contributed by atoms with Crippen LogP contribution in [0.2, 0.25) is 0 Å². The largest absolute Gasteiger partial charge is 0.445 e. The van der Waals surface area contributed by atoms with E-state index in [4.69, 9.17) is 4.74 Å². The lowest BCUT2D eigenvalue weighted by atomic mass is 10.2. The van der Waals surface area contributed by atoms with Crippen LogP contribution in [0.25, 0.3) is 0 Å². The van der Waals surface area contributed by atoms with Crippen molar-refractivity contribution >= 4 is 18.0 Å². The number of aromatic nitrogens is 1. The zero-order chi connectivity index (χ0) is 18.4. The van der Waals surface area contributed by atoms with E-state index in [1.54, 1.807) is 26.1 Å². The fraction of sp³-hybridized carbons (Fsp3) is 0.500. The van der Waals surface area contributed by atoms with Crippen molar-refractivity contribution in [1.29, 1.82) is 0 Å². The molecule has 134 valence electrons. The maximum Gasteiger partial charge on any atom is 0.413 e. The number of ether oxygens (including phenoxy) is 2. The Morgan fingerprint density at radius 2 is 1.88 bits per heavy atom. The number of carbonyl (C=O) groups is 2. The number of alkyl halides is 3. The highest BCUT2D eigenvalue weighted by molar-refractivity contribution is 5.83. The van der Waals surface area contributed by atoms with E-state index >= 15 is 0 Å². The molecule has 0 fully saturated rings. The van der Waals surface area contributed by atoms with Crippen molar-refractivity contribution in [3.63, 3.8) is 0 Å². The molecule has 1 heterocycles. The topological polar surface area (TPSA) is 89.5 Å². The molecule has 1 rings (SSSR count). The van der Waals surface area contributed by atoms with Crippen molar-refractivity contribution in [3.05, 3.63) is 23.9 Å². The van der Waals surface area contributed by atoms with Gasteiger partial charge in [0.2, 0.25) is 0 Å². The van der Waals surface area contributed by atoms with Crippen LogP contribution in [0.4, 0.5) is 28.6 Å². The van der Waals surface area contributed by atoms with Crippen molar-refractivity contribution in [2.45, 2.75) is 39.2 Å². The second-order valence-corrected chi connectivity index (χ2v) is 5.72. The lowest BCUT2D eigenvalue weighted by molar-refractivity contribution is -0.123. The lowest BCUT2D eigenvalue weighted by Crippen LogP contribution is -2.34. The second-order valence-electron chi connectivity index (χ2n) is 5.72. The first-order valence-electron chi connectivity index (χ1n) is 6.87. The molecule has 0 aliphatic rings. The molecule has 1 aromatic rings. The summed E-state index contributed by atoms with van der Waals surface area (Å²) in [6.07, 6.45) is -5.08.